The molecule has 0 atom stereocenters. The molecule has 1 aromatic carbocycles. The second-order valence-electron chi connectivity index (χ2n) is 6.72. The van der Waals surface area contributed by atoms with E-state index in [1.165, 1.54) is 30.0 Å². The fourth-order valence-electron chi connectivity index (χ4n) is 2.37. The van der Waals surface area contributed by atoms with Crippen molar-refractivity contribution >= 4 is 46.1 Å². The molecule has 0 bridgehead atoms. The third kappa shape index (κ3) is 6.00. The highest BCUT2D eigenvalue weighted by Crippen LogP contribution is 2.27. The van der Waals surface area contributed by atoms with Crippen LogP contribution in [0.15, 0.2) is 51.5 Å². The molecule has 1 N–H and O–H groups in total. The maximum atomic E-state index is 12.4. The van der Waals surface area contributed by atoms with E-state index in [9.17, 15) is 20.2 Å². The van der Waals surface area contributed by atoms with Crippen molar-refractivity contribution in [2.45, 2.75) is 19.0 Å². The number of hydrogen-bond donors (Lipinski definition) is 1. The van der Waals surface area contributed by atoms with E-state index in [0.717, 1.165) is 17.3 Å². The average Bonchev–Trinajstić information content (AvgIpc) is 3.40. The highest BCUT2D eigenvalue weighted by Gasteiger charge is 2.15. The van der Waals surface area contributed by atoms with Crippen LogP contribution in [0.3, 0.4) is 0 Å². The number of nitrogens with zero attached hydrogens (tertiary/aromatic N) is 4. The summed E-state index contributed by atoms with van der Waals surface area (Å²) in [5.41, 5.74) is 0.273. The summed E-state index contributed by atoms with van der Waals surface area (Å²) in [4.78, 5) is 27.1. The lowest BCUT2D eigenvalue weighted by Crippen LogP contribution is -2.13. The normalized spacial score (nSPS) is 11.4. The summed E-state index contributed by atoms with van der Waals surface area (Å²) < 4.78 is 9.81. The molecule has 0 spiro atoms. The van der Waals surface area contributed by atoms with E-state index in [1.54, 1.807) is 24.3 Å². The Hall–Kier alpha value is -3.49. The zero-order chi connectivity index (χ0) is 22.4. The molecule has 1 amide bonds. The Kier molecular flexibility index (Phi) is 7.17. The average molecular weight is 456 g/mol. The molecule has 0 unspecified atom stereocenters. The number of amides is 1. The van der Waals surface area contributed by atoms with E-state index < -0.39 is 10.8 Å². The van der Waals surface area contributed by atoms with Gasteiger partial charge in [0.15, 0.2) is 0 Å². The van der Waals surface area contributed by atoms with Gasteiger partial charge in [-0.2, -0.15) is 14.6 Å². The lowest BCUT2D eigenvalue weighted by molar-refractivity contribution is -0.384. The standard InChI is InChI=1S/C20H17N5O4S2/c1-12(2)11-30-20-23-19(31-24-20)22-18(26)14(10-21)9-16-6-7-17(29-16)13-4-3-5-15(8-13)25(27)28/h3-9,12H,11H2,1-2H3,(H,22,23,24,26). The maximum Gasteiger partial charge on any atom is 0.270 e. The highest BCUT2D eigenvalue weighted by molar-refractivity contribution is 7.99. The van der Waals surface area contributed by atoms with Gasteiger partial charge < -0.3 is 4.42 Å². The van der Waals surface area contributed by atoms with Crippen molar-refractivity contribution in [2.75, 3.05) is 11.1 Å². The van der Waals surface area contributed by atoms with E-state index in [-0.39, 0.29) is 17.0 Å². The molecule has 0 aliphatic carbocycles. The molecule has 31 heavy (non-hydrogen) atoms. The number of benzene rings is 1. The molecule has 0 aliphatic heterocycles. The number of furan rings is 1. The molecule has 0 saturated carbocycles. The van der Waals surface area contributed by atoms with Crippen LogP contribution >= 0.6 is 23.3 Å². The number of nitrogens with one attached hydrogen (secondary N) is 1. The van der Waals surface area contributed by atoms with Gasteiger partial charge in [0, 0.05) is 41.1 Å². The van der Waals surface area contributed by atoms with E-state index in [4.69, 9.17) is 4.42 Å². The summed E-state index contributed by atoms with van der Waals surface area (Å²) in [5, 5.41) is 23.8. The molecular weight excluding hydrogens is 438 g/mol. The number of carbonyl (C=O) groups excluding carboxylic acids is 1. The van der Waals surface area contributed by atoms with Crippen LogP contribution in [0.25, 0.3) is 17.4 Å². The van der Waals surface area contributed by atoms with Gasteiger partial charge in [0.25, 0.3) is 11.6 Å². The molecule has 11 heteroatoms. The summed E-state index contributed by atoms with van der Waals surface area (Å²) in [6.07, 6.45) is 1.30. The van der Waals surface area contributed by atoms with Gasteiger partial charge in [-0.25, -0.2) is 0 Å². The fraction of sp³-hybridized carbons (Fsp3) is 0.200. The van der Waals surface area contributed by atoms with Gasteiger partial charge in [-0.1, -0.05) is 37.7 Å². The van der Waals surface area contributed by atoms with Gasteiger partial charge in [-0.05, 0) is 18.1 Å². The number of carbonyl (C=O) groups is 1. The Labute approximate surface area is 186 Å². The summed E-state index contributed by atoms with van der Waals surface area (Å²) in [6.45, 7) is 4.18. The Bertz CT molecular complexity index is 1180. The maximum absolute atomic E-state index is 12.4. The molecule has 0 aliphatic rings. The third-order valence-electron chi connectivity index (χ3n) is 3.79. The summed E-state index contributed by atoms with van der Waals surface area (Å²) in [5.74, 6) is 1.35. The van der Waals surface area contributed by atoms with Gasteiger partial charge in [-0.3, -0.25) is 20.2 Å². The Morgan fingerprint density at radius 1 is 1.42 bits per heavy atom. The van der Waals surface area contributed by atoms with Crippen LogP contribution < -0.4 is 5.32 Å². The largest absolute Gasteiger partial charge is 0.457 e. The molecule has 158 valence electrons. The Morgan fingerprint density at radius 2 is 2.23 bits per heavy atom. The van der Waals surface area contributed by atoms with Gasteiger partial charge in [0.05, 0.1) is 4.92 Å². The first kappa shape index (κ1) is 22.2. The van der Waals surface area contributed by atoms with Crippen LogP contribution in [0.5, 0.6) is 0 Å². The minimum atomic E-state index is -0.632. The smallest absolute Gasteiger partial charge is 0.270 e. The van der Waals surface area contributed by atoms with Crippen LogP contribution in [-0.4, -0.2) is 25.9 Å². The van der Waals surface area contributed by atoms with Crippen molar-refractivity contribution in [2.24, 2.45) is 5.92 Å². The molecule has 2 aromatic heterocycles. The number of rotatable bonds is 8. The van der Waals surface area contributed by atoms with Crippen LogP contribution in [0, 0.1) is 27.4 Å². The van der Waals surface area contributed by atoms with Gasteiger partial charge in [0.1, 0.15) is 23.2 Å². The molecule has 9 nitrogen and oxygen atoms in total. The highest BCUT2D eigenvalue weighted by atomic mass is 32.2. The zero-order valence-corrected chi connectivity index (χ0v) is 18.2. The minimum absolute atomic E-state index is 0.0638. The number of aromatic nitrogens is 2. The van der Waals surface area contributed by atoms with Crippen molar-refractivity contribution in [3.63, 3.8) is 0 Å². The van der Waals surface area contributed by atoms with Crippen molar-refractivity contribution in [1.82, 2.24) is 9.36 Å². The number of anilines is 1. The molecule has 2 heterocycles. The first-order chi connectivity index (χ1) is 14.9. The minimum Gasteiger partial charge on any atom is -0.457 e. The van der Waals surface area contributed by atoms with Crippen molar-refractivity contribution in [3.05, 3.63) is 57.8 Å². The van der Waals surface area contributed by atoms with E-state index >= 15 is 0 Å². The summed E-state index contributed by atoms with van der Waals surface area (Å²) >= 11 is 2.54. The van der Waals surface area contributed by atoms with Gasteiger partial charge in [0.2, 0.25) is 10.3 Å². The summed E-state index contributed by atoms with van der Waals surface area (Å²) in [7, 11) is 0. The predicted molar refractivity (Wildman–Crippen MR) is 118 cm³/mol. The Balaban J connectivity index is 1.72. The lowest BCUT2D eigenvalue weighted by atomic mass is 10.1. The second kappa shape index (κ2) is 10.0. The van der Waals surface area contributed by atoms with E-state index in [0.29, 0.717) is 27.5 Å². The van der Waals surface area contributed by atoms with Crippen LogP contribution in [0.4, 0.5) is 10.8 Å². The predicted octanol–water partition coefficient (Wildman–Crippen LogP) is 5.00. The van der Waals surface area contributed by atoms with E-state index in [2.05, 4.69) is 28.5 Å². The number of nitro groups is 1. The Morgan fingerprint density at radius 3 is 2.94 bits per heavy atom. The van der Waals surface area contributed by atoms with Crippen LogP contribution in [0.1, 0.15) is 19.6 Å². The fourth-order valence-corrected chi connectivity index (χ4v) is 3.86. The van der Waals surface area contributed by atoms with Crippen LogP contribution in [0.2, 0.25) is 0 Å². The third-order valence-corrected chi connectivity index (χ3v) is 5.81. The molecule has 3 rings (SSSR count). The first-order valence-electron chi connectivity index (χ1n) is 9.10. The molecule has 0 radical (unpaired) electrons. The number of non-ortho nitro benzene ring substituents is 1. The second-order valence-corrected chi connectivity index (χ2v) is 8.46. The molecule has 3 aromatic rings. The number of hydrogen-bond acceptors (Lipinski definition) is 9. The molecular formula is C20H17N5O4S2. The topological polar surface area (TPSA) is 135 Å². The number of nitro benzene ring substituents is 1. The molecule has 0 fully saturated rings. The van der Waals surface area contributed by atoms with E-state index in [1.807, 2.05) is 6.07 Å². The lowest BCUT2D eigenvalue weighted by Gasteiger charge is -2.00. The van der Waals surface area contributed by atoms with Crippen molar-refractivity contribution in [3.8, 4) is 17.4 Å². The monoisotopic (exact) mass is 455 g/mol. The van der Waals surface area contributed by atoms with Crippen molar-refractivity contribution in [1.29, 1.82) is 5.26 Å². The molecule has 0 saturated heterocycles. The van der Waals surface area contributed by atoms with Gasteiger partial charge >= 0.3 is 0 Å². The zero-order valence-electron chi connectivity index (χ0n) is 16.6. The van der Waals surface area contributed by atoms with Crippen molar-refractivity contribution < 1.29 is 14.1 Å². The summed E-state index contributed by atoms with van der Waals surface area (Å²) in [6, 6.07) is 11.0. The van der Waals surface area contributed by atoms with Gasteiger partial charge in [-0.15, -0.1) is 0 Å². The number of nitriles is 1. The van der Waals surface area contributed by atoms with Crippen LogP contribution in [-0.2, 0) is 4.79 Å². The number of thioether (sulfide) groups is 1. The SMILES string of the molecule is CC(C)CSc1nsc(NC(=O)C(C#N)=Cc2ccc(-c3cccc([N+](=O)[O-])c3)o2)n1. The first-order valence-corrected chi connectivity index (χ1v) is 10.9. The quantitative estimate of drug-likeness (QED) is 0.165.